The number of benzene rings is 2. The van der Waals surface area contributed by atoms with Crippen LogP contribution in [0.15, 0.2) is 67.0 Å². The van der Waals surface area contributed by atoms with Gasteiger partial charge in [-0.3, -0.25) is 9.78 Å². The Labute approximate surface area is 242 Å². The van der Waals surface area contributed by atoms with Gasteiger partial charge >= 0.3 is 6.09 Å². The van der Waals surface area contributed by atoms with Crippen LogP contribution >= 0.6 is 11.3 Å². The Morgan fingerprint density at radius 1 is 1.07 bits per heavy atom. The lowest BCUT2D eigenvalue weighted by atomic mass is 10.2. The zero-order valence-electron chi connectivity index (χ0n) is 22.5. The van der Waals surface area contributed by atoms with E-state index in [9.17, 15) is 19.1 Å². The van der Waals surface area contributed by atoms with Crippen molar-refractivity contribution in [1.29, 1.82) is 0 Å². The highest BCUT2D eigenvalue weighted by Crippen LogP contribution is 2.39. The van der Waals surface area contributed by atoms with Gasteiger partial charge < -0.3 is 29.4 Å². The Balaban J connectivity index is 1.35. The number of imidazole rings is 1. The summed E-state index contributed by atoms with van der Waals surface area (Å²) < 4.78 is 42.3. The van der Waals surface area contributed by atoms with E-state index in [0.717, 1.165) is 10.9 Å². The molecule has 3 heterocycles. The zero-order chi connectivity index (χ0) is 29.8. The molecule has 0 fully saturated rings. The second-order valence-corrected chi connectivity index (χ2v) is 10.2. The summed E-state index contributed by atoms with van der Waals surface area (Å²) in [5.41, 5.74) is 1.28. The number of fused-ring (bicyclic) bond motifs is 1. The molecule has 5 rings (SSSR count). The summed E-state index contributed by atoms with van der Waals surface area (Å²) in [5, 5.41) is 12.0. The van der Waals surface area contributed by atoms with Gasteiger partial charge in [-0.2, -0.15) is 0 Å². The van der Waals surface area contributed by atoms with Gasteiger partial charge in [-0.25, -0.2) is 18.6 Å². The van der Waals surface area contributed by atoms with E-state index in [1.165, 1.54) is 59.7 Å². The van der Waals surface area contributed by atoms with Crippen LogP contribution in [0.25, 0.3) is 20.9 Å². The Hall–Kier alpha value is -4.88. The van der Waals surface area contributed by atoms with Gasteiger partial charge in [0.2, 0.25) is 0 Å². The number of amides is 2. The van der Waals surface area contributed by atoms with Gasteiger partial charge in [0.1, 0.15) is 17.4 Å². The van der Waals surface area contributed by atoms with Crippen molar-refractivity contribution >= 4 is 39.2 Å². The SMILES string of the molecule is COCCN(Cc1cnc(-c2cc3nccc(Oc4ccc(NC(=O)c5ccccc5F)cc4F)c3s2)n1C)C(=O)O. The molecule has 2 N–H and O–H groups in total. The lowest BCUT2D eigenvalue weighted by Gasteiger charge is -2.18. The number of carbonyl (C=O) groups is 2. The first-order valence-corrected chi connectivity index (χ1v) is 13.5. The molecular formula is C29H25F2N5O5S. The molecule has 216 valence electrons. The molecule has 0 spiro atoms. The second-order valence-electron chi connectivity index (χ2n) is 9.14. The second kappa shape index (κ2) is 12.3. The van der Waals surface area contributed by atoms with Crippen molar-refractivity contribution in [2.75, 3.05) is 25.6 Å². The fourth-order valence-corrected chi connectivity index (χ4v) is 5.29. The minimum Gasteiger partial charge on any atom is -0.465 e. The summed E-state index contributed by atoms with van der Waals surface area (Å²) in [5.74, 6) is -1.22. The van der Waals surface area contributed by atoms with E-state index in [1.54, 1.807) is 25.5 Å². The van der Waals surface area contributed by atoms with Gasteiger partial charge in [-0.05, 0) is 30.3 Å². The van der Waals surface area contributed by atoms with Crippen molar-refractivity contribution in [1.82, 2.24) is 19.4 Å². The molecule has 3 aromatic heterocycles. The Morgan fingerprint density at radius 2 is 1.88 bits per heavy atom. The Kier molecular flexibility index (Phi) is 8.41. The van der Waals surface area contributed by atoms with Gasteiger partial charge in [-0.15, -0.1) is 11.3 Å². The van der Waals surface area contributed by atoms with Crippen LogP contribution < -0.4 is 10.1 Å². The summed E-state index contributed by atoms with van der Waals surface area (Å²) in [6.45, 7) is 0.623. The van der Waals surface area contributed by atoms with Crippen LogP contribution in [-0.4, -0.2) is 56.8 Å². The summed E-state index contributed by atoms with van der Waals surface area (Å²) >= 11 is 1.34. The summed E-state index contributed by atoms with van der Waals surface area (Å²) in [6, 6.07) is 12.9. The first-order valence-electron chi connectivity index (χ1n) is 12.6. The predicted molar refractivity (Wildman–Crippen MR) is 153 cm³/mol. The van der Waals surface area contributed by atoms with Crippen molar-refractivity contribution in [3.8, 4) is 22.2 Å². The molecular weight excluding hydrogens is 568 g/mol. The van der Waals surface area contributed by atoms with E-state index < -0.39 is 23.6 Å². The molecule has 0 aliphatic rings. The molecule has 13 heteroatoms. The normalized spacial score (nSPS) is 11.0. The van der Waals surface area contributed by atoms with E-state index in [4.69, 9.17) is 9.47 Å². The van der Waals surface area contributed by atoms with Gasteiger partial charge in [0.25, 0.3) is 5.91 Å². The number of anilines is 1. The third-order valence-electron chi connectivity index (χ3n) is 6.40. The highest BCUT2D eigenvalue weighted by atomic mass is 32.1. The number of pyridine rings is 1. The molecule has 0 aliphatic heterocycles. The number of carbonyl (C=O) groups excluding carboxylic acids is 1. The first-order chi connectivity index (χ1) is 20.2. The highest BCUT2D eigenvalue weighted by molar-refractivity contribution is 7.22. The number of halogens is 2. The highest BCUT2D eigenvalue weighted by Gasteiger charge is 2.19. The maximum absolute atomic E-state index is 15.0. The molecule has 0 radical (unpaired) electrons. The standard InChI is InChI=1S/C29H25F2N5O5S/c1-35-18(16-36(29(38)39)11-12-40-2)15-33-27(35)25-14-22-26(42-25)24(9-10-32-22)41-23-8-7-17(13-21(23)31)34-28(37)19-5-3-4-6-20(19)30/h3-10,13-15H,11-12,16H2,1-2H3,(H,34,37)(H,38,39). The lowest BCUT2D eigenvalue weighted by molar-refractivity contribution is 0.102. The fraction of sp³-hybridized carbons (Fsp3) is 0.172. The first kappa shape index (κ1) is 28.6. The zero-order valence-corrected chi connectivity index (χ0v) is 23.3. The molecule has 2 amide bonds. The monoisotopic (exact) mass is 593 g/mol. The number of rotatable bonds is 10. The minimum atomic E-state index is -1.06. The van der Waals surface area contributed by atoms with Crippen LogP contribution in [0.1, 0.15) is 16.1 Å². The molecule has 0 unspecified atom stereocenters. The number of methoxy groups -OCH3 is 1. The van der Waals surface area contributed by atoms with E-state index in [0.29, 0.717) is 27.5 Å². The molecule has 0 aliphatic carbocycles. The van der Waals surface area contributed by atoms with Crippen molar-refractivity contribution < 1.29 is 33.0 Å². The van der Waals surface area contributed by atoms with Gasteiger partial charge in [0.15, 0.2) is 11.6 Å². The number of hydrogen-bond donors (Lipinski definition) is 2. The number of carboxylic acid groups (broad SMARTS) is 1. The lowest BCUT2D eigenvalue weighted by Crippen LogP contribution is -2.32. The third kappa shape index (κ3) is 6.06. The summed E-state index contributed by atoms with van der Waals surface area (Å²) in [4.78, 5) is 34.9. The van der Waals surface area contributed by atoms with Gasteiger partial charge in [0, 0.05) is 44.7 Å². The minimum absolute atomic E-state index is 0.0783. The third-order valence-corrected chi connectivity index (χ3v) is 7.53. The van der Waals surface area contributed by atoms with Crippen LogP contribution in [0.2, 0.25) is 0 Å². The predicted octanol–water partition coefficient (Wildman–Crippen LogP) is 6.15. The van der Waals surface area contributed by atoms with E-state index in [-0.39, 0.29) is 36.7 Å². The molecule has 10 nitrogen and oxygen atoms in total. The Morgan fingerprint density at radius 3 is 2.62 bits per heavy atom. The number of aromatic nitrogens is 3. The maximum Gasteiger partial charge on any atom is 0.407 e. The maximum atomic E-state index is 15.0. The Bertz CT molecular complexity index is 1770. The molecule has 0 atom stereocenters. The summed E-state index contributed by atoms with van der Waals surface area (Å²) in [6.07, 6.45) is 2.10. The van der Waals surface area contributed by atoms with Crippen molar-refractivity contribution in [2.24, 2.45) is 7.05 Å². The largest absolute Gasteiger partial charge is 0.465 e. The van der Waals surface area contributed by atoms with Crippen LogP contribution in [-0.2, 0) is 18.3 Å². The summed E-state index contributed by atoms with van der Waals surface area (Å²) in [7, 11) is 3.31. The fourth-order valence-electron chi connectivity index (χ4n) is 4.19. The number of hydrogen-bond acceptors (Lipinski definition) is 7. The van der Waals surface area contributed by atoms with E-state index in [1.807, 2.05) is 10.6 Å². The topological polar surface area (TPSA) is 119 Å². The molecule has 5 aromatic rings. The smallest absolute Gasteiger partial charge is 0.407 e. The van der Waals surface area contributed by atoms with Crippen LogP contribution in [0.5, 0.6) is 11.5 Å². The molecule has 2 aromatic carbocycles. The number of ether oxygens (including phenoxy) is 2. The van der Waals surface area contributed by atoms with E-state index >= 15 is 4.39 Å². The number of thiophene rings is 1. The number of nitrogens with zero attached hydrogens (tertiary/aromatic N) is 4. The van der Waals surface area contributed by atoms with Crippen LogP contribution in [0, 0.1) is 11.6 Å². The number of nitrogens with one attached hydrogen (secondary N) is 1. The van der Waals surface area contributed by atoms with Crippen molar-refractivity contribution in [3.63, 3.8) is 0 Å². The molecule has 42 heavy (non-hydrogen) atoms. The molecule has 0 saturated heterocycles. The van der Waals surface area contributed by atoms with Gasteiger partial charge in [0.05, 0.1) is 45.7 Å². The van der Waals surface area contributed by atoms with Crippen molar-refractivity contribution in [3.05, 3.63) is 89.9 Å². The van der Waals surface area contributed by atoms with E-state index in [2.05, 4.69) is 15.3 Å². The quantitative estimate of drug-likeness (QED) is 0.200. The van der Waals surface area contributed by atoms with Crippen molar-refractivity contribution in [2.45, 2.75) is 6.54 Å². The van der Waals surface area contributed by atoms with Gasteiger partial charge in [-0.1, -0.05) is 12.1 Å². The molecule has 0 saturated carbocycles. The van der Waals surface area contributed by atoms with Crippen LogP contribution in [0.4, 0.5) is 19.3 Å². The average molecular weight is 594 g/mol. The molecule has 0 bridgehead atoms. The average Bonchev–Trinajstić information content (AvgIpc) is 3.56. The van der Waals surface area contributed by atoms with Crippen LogP contribution in [0.3, 0.4) is 0 Å².